The minimum absolute atomic E-state index is 0.00231. The molecule has 1 N–H and O–H groups in total. The molecule has 0 saturated heterocycles. The van der Waals surface area contributed by atoms with Crippen molar-refractivity contribution in [2.24, 2.45) is 17.8 Å². The fourth-order valence-electron chi connectivity index (χ4n) is 2.29. The van der Waals surface area contributed by atoms with Crippen LogP contribution in [0, 0.1) is 17.8 Å². The number of carboxylic acid groups (broad SMARTS) is 1. The van der Waals surface area contributed by atoms with E-state index in [1.807, 2.05) is 0 Å². The second-order valence-corrected chi connectivity index (χ2v) is 3.60. The van der Waals surface area contributed by atoms with Crippen LogP contribution in [0.4, 0.5) is 0 Å². The van der Waals surface area contributed by atoms with Gasteiger partial charge in [-0.15, -0.1) is 0 Å². The minimum atomic E-state index is -0.575. The molecule has 2 atom stereocenters. The molecule has 0 aromatic rings. The van der Waals surface area contributed by atoms with Gasteiger partial charge >= 0.3 is 5.97 Å². The van der Waals surface area contributed by atoms with Crippen LogP contribution in [0.1, 0.15) is 25.7 Å². The van der Waals surface area contributed by atoms with E-state index >= 15 is 0 Å². The minimum Gasteiger partial charge on any atom is -0.481 e. The fourth-order valence-corrected chi connectivity index (χ4v) is 2.29. The first kappa shape index (κ1) is 6.20. The first-order chi connectivity index (χ1) is 4.77. The van der Waals surface area contributed by atoms with E-state index in [9.17, 15) is 4.79 Å². The van der Waals surface area contributed by atoms with E-state index in [1.165, 1.54) is 12.8 Å². The molecular weight excluding hydrogens is 128 g/mol. The van der Waals surface area contributed by atoms with E-state index in [0.29, 0.717) is 0 Å². The van der Waals surface area contributed by atoms with Gasteiger partial charge in [0.05, 0.1) is 5.92 Å². The summed E-state index contributed by atoms with van der Waals surface area (Å²) in [7, 11) is 0. The Balaban J connectivity index is 1.98. The molecule has 2 saturated carbocycles. The lowest BCUT2D eigenvalue weighted by atomic mass is 9.77. The molecule has 0 bridgehead atoms. The number of aliphatic carboxylic acids is 1. The smallest absolute Gasteiger partial charge is 0.306 e. The molecule has 2 aliphatic carbocycles. The van der Waals surface area contributed by atoms with Gasteiger partial charge in [0.2, 0.25) is 0 Å². The van der Waals surface area contributed by atoms with E-state index in [4.69, 9.17) is 5.11 Å². The zero-order valence-electron chi connectivity index (χ0n) is 5.92. The predicted molar refractivity (Wildman–Crippen MR) is 36.6 cm³/mol. The standard InChI is InChI=1S/C8H12O2/c9-8(10)7-3-5-1-2-6(5)4-7/h5-7H,1-4H2,(H,9,10)/t5-,6-/m1/s1. The summed E-state index contributed by atoms with van der Waals surface area (Å²) < 4.78 is 0. The van der Waals surface area contributed by atoms with Gasteiger partial charge in [0.15, 0.2) is 0 Å². The quantitative estimate of drug-likeness (QED) is 0.599. The van der Waals surface area contributed by atoms with Crippen LogP contribution in [0.15, 0.2) is 0 Å². The third-order valence-electron chi connectivity index (χ3n) is 3.10. The van der Waals surface area contributed by atoms with E-state index in [-0.39, 0.29) is 5.92 Å². The Bertz CT molecular complexity index is 153. The van der Waals surface area contributed by atoms with Crippen molar-refractivity contribution >= 4 is 5.97 Å². The molecule has 0 aromatic carbocycles. The first-order valence-corrected chi connectivity index (χ1v) is 4.00. The lowest BCUT2D eigenvalue weighted by Gasteiger charge is -2.29. The van der Waals surface area contributed by atoms with Crippen LogP contribution in [0.25, 0.3) is 0 Å². The largest absolute Gasteiger partial charge is 0.481 e. The monoisotopic (exact) mass is 140 g/mol. The lowest BCUT2D eigenvalue weighted by molar-refractivity contribution is -0.141. The molecule has 0 spiro atoms. The van der Waals surface area contributed by atoms with Gasteiger partial charge in [0, 0.05) is 0 Å². The summed E-state index contributed by atoms with van der Waals surface area (Å²) in [5, 5.41) is 8.68. The van der Waals surface area contributed by atoms with Crippen molar-refractivity contribution < 1.29 is 9.90 Å². The third-order valence-corrected chi connectivity index (χ3v) is 3.10. The van der Waals surface area contributed by atoms with Crippen LogP contribution in [-0.4, -0.2) is 11.1 Å². The Hall–Kier alpha value is -0.530. The molecular formula is C8H12O2. The number of carbonyl (C=O) groups is 1. The van der Waals surface area contributed by atoms with E-state index in [2.05, 4.69) is 0 Å². The molecule has 0 amide bonds. The van der Waals surface area contributed by atoms with Crippen LogP contribution in [-0.2, 0) is 4.79 Å². The Morgan fingerprint density at radius 2 is 1.70 bits per heavy atom. The van der Waals surface area contributed by atoms with Crippen molar-refractivity contribution in [3.63, 3.8) is 0 Å². The summed E-state index contributed by atoms with van der Waals surface area (Å²) in [6.07, 6.45) is 4.49. The zero-order chi connectivity index (χ0) is 7.14. The molecule has 0 unspecified atom stereocenters. The summed E-state index contributed by atoms with van der Waals surface area (Å²) in [6.45, 7) is 0. The van der Waals surface area contributed by atoms with E-state index < -0.39 is 5.97 Å². The Morgan fingerprint density at radius 3 is 2.00 bits per heavy atom. The number of rotatable bonds is 1. The topological polar surface area (TPSA) is 37.3 Å². The van der Waals surface area contributed by atoms with Crippen LogP contribution < -0.4 is 0 Å². The normalized spacial score (nSPS) is 38.8. The summed E-state index contributed by atoms with van der Waals surface area (Å²) in [5.74, 6) is 0.981. The highest BCUT2D eigenvalue weighted by atomic mass is 16.4. The van der Waals surface area contributed by atoms with Crippen molar-refractivity contribution in [1.29, 1.82) is 0 Å². The van der Waals surface area contributed by atoms with Gasteiger partial charge in [0.25, 0.3) is 0 Å². The average Bonchev–Trinajstić information content (AvgIpc) is 2.09. The zero-order valence-corrected chi connectivity index (χ0v) is 5.92. The van der Waals surface area contributed by atoms with Gasteiger partial charge < -0.3 is 5.11 Å². The highest BCUT2D eigenvalue weighted by Crippen LogP contribution is 2.49. The molecule has 2 heteroatoms. The molecule has 2 nitrogen and oxygen atoms in total. The maximum absolute atomic E-state index is 10.5. The molecule has 0 aromatic heterocycles. The van der Waals surface area contributed by atoms with Crippen LogP contribution in [0.2, 0.25) is 0 Å². The summed E-state index contributed by atoms with van der Waals surface area (Å²) in [4.78, 5) is 10.5. The fraction of sp³-hybridized carbons (Fsp3) is 0.875. The summed E-state index contributed by atoms with van der Waals surface area (Å²) in [5.41, 5.74) is 0. The second-order valence-electron chi connectivity index (χ2n) is 3.60. The SMILES string of the molecule is O=C(O)C1C[C@H]2CC[C@@H]2C1. The van der Waals surface area contributed by atoms with Gasteiger partial charge in [-0.25, -0.2) is 0 Å². The van der Waals surface area contributed by atoms with Gasteiger partial charge in [-0.2, -0.15) is 0 Å². The van der Waals surface area contributed by atoms with Gasteiger partial charge in [0.1, 0.15) is 0 Å². The average molecular weight is 140 g/mol. The number of hydrogen-bond donors (Lipinski definition) is 1. The van der Waals surface area contributed by atoms with Crippen molar-refractivity contribution in [2.45, 2.75) is 25.7 Å². The van der Waals surface area contributed by atoms with Gasteiger partial charge in [-0.1, -0.05) is 0 Å². The highest BCUT2D eigenvalue weighted by Gasteiger charge is 2.42. The van der Waals surface area contributed by atoms with Crippen LogP contribution in [0.3, 0.4) is 0 Å². The predicted octanol–water partition coefficient (Wildman–Crippen LogP) is 1.51. The number of carboxylic acids is 1. The Labute approximate surface area is 60.2 Å². The molecule has 2 aliphatic rings. The van der Waals surface area contributed by atoms with Gasteiger partial charge in [-0.05, 0) is 37.5 Å². The maximum Gasteiger partial charge on any atom is 0.306 e. The van der Waals surface area contributed by atoms with Crippen molar-refractivity contribution in [3.8, 4) is 0 Å². The lowest BCUT2D eigenvalue weighted by Crippen LogP contribution is -2.18. The Kier molecular flexibility index (Phi) is 1.22. The summed E-state index contributed by atoms with van der Waals surface area (Å²) in [6, 6.07) is 0. The van der Waals surface area contributed by atoms with E-state index in [1.54, 1.807) is 0 Å². The molecule has 2 fully saturated rings. The summed E-state index contributed by atoms with van der Waals surface area (Å²) >= 11 is 0. The second kappa shape index (κ2) is 1.97. The number of hydrogen-bond acceptors (Lipinski definition) is 1. The van der Waals surface area contributed by atoms with Crippen molar-refractivity contribution in [3.05, 3.63) is 0 Å². The molecule has 2 rings (SSSR count). The van der Waals surface area contributed by atoms with Crippen molar-refractivity contribution in [2.75, 3.05) is 0 Å². The van der Waals surface area contributed by atoms with E-state index in [0.717, 1.165) is 24.7 Å². The first-order valence-electron chi connectivity index (χ1n) is 4.00. The van der Waals surface area contributed by atoms with Crippen LogP contribution >= 0.6 is 0 Å². The maximum atomic E-state index is 10.5. The molecule has 0 heterocycles. The number of fused-ring (bicyclic) bond motifs is 1. The highest BCUT2D eigenvalue weighted by molar-refractivity contribution is 5.70. The van der Waals surface area contributed by atoms with Gasteiger partial charge in [-0.3, -0.25) is 4.79 Å². The molecule has 0 radical (unpaired) electrons. The Morgan fingerprint density at radius 1 is 1.20 bits per heavy atom. The van der Waals surface area contributed by atoms with Crippen LogP contribution in [0.5, 0.6) is 0 Å². The molecule has 0 aliphatic heterocycles. The van der Waals surface area contributed by atoms with Crippen molar-refractivity contribution in [1.82, 2.24) is 0 Å². The third kappa shape index (κ3) is 0.746. The molecule has 56 valence electrons. The molecule has 10 heavy (non-hydrogen) atoms.